The molecule has 0 aromatic heterocycles. The average molecular weight is 209 g/mol. The molecule has 0 saturated heterocycles. The first-order valence-corrected chi connectivity index (χ1v) is 5.27. The standard InChI is InChI=1S/C12H19NO2/c1-3-15-12-5-4-10(6-9(12)2)7-11(14)8-13/h4-6,11,14H,3,7-8,13H2,1-2H3. The Morgan fingerprint density at radius 2 is 2.20 bits per heavy atom. The predicted molar refractivity (Wildman–Crippen MR) is 61.1 cm³/mol. The highest BCUT2D eigenvalue weighted by Gasteiger charge is 2.05. The second-order valence-corrected chi connectivity index (χ2v) is 3.63. The molecular formula is C12H19NO2. The molecule has 0 spiro atoms. The third-order valence-electron chi connectivity index (χ3n) is 2.28. The molecule has 0 amide bonds. The maximum absolute atomic E-state index is 9.42. The summed E-state index contributed by atoms with van der Waals surface area (Å²) in [6.07, 6.45) is 0.145. The molecule has 84 valence electrons. The van der Waals surface area contributed by atoms with Crippen LogP contribution in [0.15, 0.2) is 18.2 Å². The van der Waals surface area contributed by atoms with Gasteiger partial charge < -0.3 is 15.6 Å². The van der Waals surface area contributed by atoms with Crippen LogP contribution in [0.25, 0.3) is 0 Å². The Bertz CT molecular complexity index is 312. The topological polar surface area (TPSA) is 55.5 Å². The van der Waals surface area contributed by atoms with Gasteiger partial charge in [-0.3, -0.25) is 0 Å². The fourth-order valence-electron chi connectivity index (χ4n) is 1.51. The minimum atomic E-state index is -0.456. The fraction of sp³-hybridized carbons (Fsp3) is 0.500. The summed E-state index contributed by atoms with van der Waals surface area (Å²) >= 11 is 0. The van der Waals surface area contributed by atoms with Crippen molar-refractivity contribution in [1.29, 1.82) is 0 Å². The van der Waals surface area contributed by atoms with Gasteiger partial charge >= 0.3 is 0 Å². The van der Waals surface area contributed by atoms with Gasteiger partial charge in [-0.05, 0) is 37.5 Å². The number of ether oxygens (including phenoxy) is 1. The molecule has 1 aromatic rings. The molecule has 0 radical (unpaired) electrons. The van der Waals surface area contributed by atoms with Crippen molar-refractivity contribution in [2.45, 2.75) is 26.4 Å². The minimum absolute atomic E-state index is 0.298. The molecule has 0 fully saturated rings. The maximum Gasteiger partial charge on any atom is 0.122 e. The molecule has 1 unspecified atom stereocenters. The first kappa shape index (κ1) is 12.0. The van der Waals surface area contributed by atoms with Crippen LogP contribution in [0.5, 0.6) is 5.75 Å². The summed E-state index contributed by atoms with van der Waals surface area (Å²) in [7, 11) is 0. The Kier molecular flexibility index (Phi) is 4.59. The van der Waals surface area contributed by atoms with Crippen LogP contribution >= 0.6 is 0 Å². The van der Waals surface area contributed by atoms with E-state index in [0.717, 1.165) is 16.9 Å². The second-order valence-electron chi connectivity index (χ2n) is 3.63. The Morgan fingerprint density at radius 3 is 2.73 bits per heavy atom. The number of aliphatic hydroxyl groups excluding tert-OH is 1. The molecule has 3 nitrogen and oxygen atoms in total. The summed E-state index contributed by atoms with van der Waals surface area (Å²) in [5.74, 6) is 0.906. The molecule has 0 aliphatic carbocycles. The van der Waals surface area contributed by atoms with Gasteiger partial charge in [-0.2, -0.15) is 0 Å². The van der Waals surface area contributed by atoms with Crippen molar-refractivity contribution in [2.24, 2.45) is 5.73 Å². The molecule has 0 heterocycles. The van der Waals surface area contributed by atoms with Crippen LogP contribution in [-0.2, 0) is 6.42 Å². The van der Waals surface area contributed by atoms with E-state index in [9.17, 15) is 5.11 Å². The van der Waals surface area contributed by atoms with E-state index in [1.54, 1.807) is 0 Å². The zero-order valence-electron chi connectivity index (χ0n) is 9.36. The van der Waals surface area contributed by atoms with Crippen LogP contribution in [0.4, 0.5) is 0 Å². The summed E-state index contributed by atoms with van der Waals surface area (Å²) in [6, 6.07) is 5.94. The average Bonchev–Trinajstić information content (AvgIpc) is 2.22. The minimum Gasteiger partial charge on any atom is -0.494 e. The molecule has 3 heteroatoms. The summed E-state index contributed by atoms with van der Waals surface area (Å²) < 4.78 is 5.44. The highest BCUT2D eigenvalue weighted by Crippen LogP contribution is 2.19. The van der Waals surface area contributed by atoms with E-state index < -0.39 is 6.10 Å². The molecule has 0 aliphatic rings. The molecule has 1 atom stereocenters. The van der Waals surface area contributed by atoms with Crippen molar-refractivity contribution in [3.05, 3.63) is 29.3 Å². The van der Waals surface area contributed by atoms with Gasteiger partial charge in [-0.25, -0.2) is 0 Å². The van der Waals surface area contributed by atoms with Crippen LogP contribution in [0.1, 0.15) is 18.1 Å². The highest BCUT2D eigenvalue weighted by molar-refractivity contribution is 5.36. The quantitative estimate of drug-likeness (QED) is 0.767. The first-order valence-electron chi connectivity index (χ1n) is 5.27. The maximum atomic E-state index is 9.42. The van der Waals surface area contributed by atoms with Gasteiger partial charge in [0.2, 0.25) is 0 Å². The summed E-state index contributed by atoms with van der Waals surface area (Å²) in [5, 5.41) is 9.42. The predicted octanol–water partition coefficient (Wildman–Crippen LogP) is 1.26. The number of benzene rings is 1. The molecule has 1 rings (SSSR count). The van der Waals surface area contributed by atoms with E-state index in [1.807, 2.05) is 32.0 Å². The third-order valence-corrected chi connectivity index (χ3v) is 2.28. The molecular weight excluding hydrogens is 190 g/mol. The normalized spacial score (nSPS) is 12.5. The van der Waals surface area contributed by atoms with E-state index in [2.05, 4.69) is 0 Å². The van der Waals surface area contributed by atoms with Crippen LogP contribution in [0.3, 0.4) is 0 Å². The number of hydrogen-bond acceptors (Lipinski definition) is 3. The van der Waals surface area contributed by atoms with Crippen molar-refractivity contribution >= 4 is 0 Å². The Morgan fingerprint density at radius 1 is 1.47 bits per heavy atom. The number of aliphatic hydroxyl groups is 1. The lowest BCUT2D eigenvalue weighted by atomic mass is 10.0. The Labute approximate surface area is 90.9 Å². The van der Waals surface area contributed by atoms with Crippen molar-refractivity contribution in [1.82, 2.24) is 0 Å². The van der Waals surface area contributed by atoms with Gasteiger partial charge in [-0.15, -0.1) is 0 Å². The molecule has 15 heavy (non-hydrogen) atoms. The van der Waals surface area contributed by atoms with Gasteiger partial charge in [0.05, 0.1) is 12.7 Å². The van der Waals surface area contributed by atoms with Gasteiger partial charge in [0.25, 0.3) is 0 Å². The molecule has 3 N–H and O–H groups in total. The number of nitrogens with two attached hydrogens (primary N) is 1. The zero-order chi connectivity index (χ0) is 11.3. The number of hydrogen-bond donors (Lipinski definition) is 2. The smallest absolute Gasteiger partial charge is 0.122 e. The molecule has 0 aliphatic heterocycles. The Hall–Kier alpha value is -1.06. The monoisotopic (exact) mass is 209 g/mol. The van der Waals surface area contributed by atoms with Crippen LogP contribution in [-0.4, -0.2) is 24.4 Å². The van der Waals surface area contributed by atoms with E-state index in [0.29, 0.717) is 19.6 Å². The van der Waals surface area contributed by atoms with Crippen molar-refractivity contribution in [3.63, 3.8) is 0 Å². The summed E-state index contributed by atoms with van der Waals surface area (Å²) in [6.45, 7) is 4.94. The van der Waals surface area contributed by atoms with Gasteiger partial charge in [0.15, 0.2) is 0 Å². The second kappa shape index (κ2) is 5.73. The molecule has 1 aromatic carbocycles. The van der Waals surface area contributed by atoms with Crippen molar-refractivity contribution in [2.75, 3.05) is 13.2 Å². The highest BCUT2D eigenvalue weighted by atomic mass is 16.5. The van der Waals surface area contributed by atoms with Crippen LogP contribution in [0.2, 0.25) is 0 Å². The van der Waals surface area contributed by atoms with Gasteiger partial charge in [-0.1, -0.05) is 12.1 Å². The number of rotatable bonds is 5. The lowest BCUT2D eigenvalue weighted by molar-refractivity contribution is 0.183. The first-order chi connectivity index (χ1) is 7.17. The van der Waals surface area contributed by atoms with E-state index in [-0.39, 0.29) is 0 Å². The summed E-state index contributed by atoms with van der Waals surface area (Å²) in [5.41, 5.74) is 7.55. The number of aryl methyl sites for hydroxylation is 1. The lowest BCUT2D eigenvalue weighted by Gasteiger charge is -2.11. The van der Waals surface area contributed by atoms with E-state index in [1.165, 1.54) is 0 Å². The third kappa shape index (κ3) is 3.53. The van der Waals surface area contributed by atoms with Gasteiger partial charge in [0, 0.05) is 6.54 Å². The fourth-order valence-corrected chi connectivity index (χ4v) is 1.51. The van der Waals surface area contributed by atoms with Crippen LogP contribution < -0.4 is 10.5 Å². The lowest BCUT2D eigenvalue weighted by Crippen LogP contribution is -2.21. The van der Waals surface area contributed by atoms with Gasteiger partial charge in [0.1, 0.15) is 5.75 Å². The molecule has 0 saturated carbocycles. The summed E-state index contributed by atoms with van der Waals surface area (Å²) in [4.78, 5) is 0. The zero-order valence-corrected chi connectivity index (χ0v) is 9.36. The molecule has 0 bridgehead atoms. The van der Waals surface area contributed by atoms with Crippen molar-refractivity contribution in [3.8, 4) is 5.75 Å². The van der Waals surface area contributed by atoms with E-state index >= 15 is 0 Å². The Balaban J connectivity index is 2.73. The van der Waals surface area contributed by atoms with Crippen LogP contribution in [0, 0.1) is 6.92 Å². The van der Waals surface area contributed by atoms with E-state index in [4.69, 9.17) is 10.5 Å². The SMILES string of the molecule is CCOc1ccc(CC(O)CN)cc1C. The largest absolute Gasteiger partial charge is 0.494 e. The van der Waals surface area contributed by atoms with Crippen molar-refractivity contribution < 1.29 is 9.84 Å².